The fourth-order valence-corrected chi connectivity index (χ4v) is 1.43. The molecule has 0 aliphatic heterocycles. The summed E-state index contributed by atoms with van der Waals surface area (Å²) >= 11 is 0. The summed E-state index contributed by atoms with van der Waals surface area (Å²) in [5, 5.41) is 8.86. The van der Waals surface area contributed by atoms with Crippen LogP contribution in [0.1, 0.15) is 0 Å². The molecule has 0 saturated carbocycles. The molecule has 5 heteroatoms. The first-order valence-corrected chi connectivity index (χ1v) is 5.40. The van der Waals surface area contributed by atoms with Gasteiger partial charge in [-0.15, -0.1) is 24.5 Å². The van der Waals surface area contributed by atoms with Crippen molar-refractivity contribution in [2.75, 3.05) is 13.1 Å². The summed E-state index contributed by atoms with van der Waals surface area (Å²) in [6.07, 6.45) is 0. The maximum Gasteiger partial charge on any atom is 4.00 e. The molecule has 0 spiro atoms. The molecule has 0 aliphatic carbocycles. The summed E-state index contributed by atoms with van der Waals surface area (Å²) in [5.74, 6) is 0. The summed E-state index contributed by atoms with van der Waals surface area (Å²) in [5.41, 5.74) is 2.04. The Bertz CT molecular complexity index is 371. The Morgan fingerprint density at radius 3 is 1.21 bits per heavy atom. The van der Waals surface area contributed by atoms with Gasteiger partial charge in [-0.25, -0.2) is 0 Å². The van der Waals surface area contributed by atoms with Crippen molar-refractivity contribution in [1.29, 1.82) is 0 Å². The van der Waals surface area contributed by atoms with Crippen LogP contribution >= 0.6 is 0 Å². The van der Waals surface area contributed by atoms with E-state index < -0.39 is 0 Å². The van der Waals surface area contributed by atoms with Crippen molar-refractivity contribution in [3.63, 3.8) is 0 Å². The van der Waals surface area contributed by atoms with Crippen molar-refractivity contribution in [2.24, 2.45) is 0 Å². The first-order chi connectivity index (χ1) is 7.95. The van der Waals surface area contributed by atoms with Gasteiger partial charge in [0.2, 0.25) is 0 Å². The van der Waals surface area contributed by atoms with Gasteiger partial charge >= 0.3 is 26.2 Å². The normalized spacial score (nSPS) is 8.21. The number of rotatable bonds is 5. The van der Waals surface area contributed by atoms with Gasteiger partial charge in [-0.05, 0) is 0 Å². The molecular formula is C14H14Cl2N2Zr. The van der Waals surface area contributed by atoms with Crippen molar-refractivity contribution in [2.45, 2.75) is 0 Å². The second kappa shape index (κ2) is 12.5. The van der Waals surface area contributed by atoms with Crippen LogP contribution in [0.3, 0.4) is 0 Å². The van der Waals surface area contributed by atoms with Crippen molar-refractivity contribution < 1.29 is 51.0 Å². The minimum atomic E-state index is 0. The third-order valence-electron chi connectivity index (χ3n) is 2.20. The molecule has 0 aromatic heterocycles. The van der Waals surface area contributed by atoms with Crippen LogP contribution < -0.4 is 24.8 Å². The zero-order valence-electron chi connectivity index (χ0n) is 10.3. The van der Waals surface area contributed by atoms with Gasteiger partial charge < -0.3 is 35.4 Å². The molecule has 0 bridgehead atoms. The molecule has 0 heterocycles. The predicted molar refractivity (Wildman–Crippen MR) is 68.7 cm³/mol. The molecular weight excluding hydrogens is 358 g/mol. The van der Waals surface area contributed by atoms with Crippen molar-refractivity contribution in [3.05, 3.63) is 71.3 Å². The SMILES string of the molecule is [Cl-].[Cl-].[Zr+4].c1ccc([N-]CC[N-]c2ccccc2)cc1. The van der Waals surface area contributed by atoms with Crippen LogP contribution in [0.25, 0.3) is 10.6 Å². The first kappa shape index (κ1) is 20.8. The maximum absolute atomic E-state index is 4.43. The standard InChI is InChI=1S/C14H14N2.2ClH.Zr/c1-3-7-13(8-4-1)15-11-12-16-14-9-5-2-6-10-14;;;/h1-10H,11-12H2;2*1H;/q-2;;;+4/p-2. The zero-order valence-corrected chi connectivity index (χ0v) is 14.3. The van der Waals surface area contributed by atoms with Gasteiger partial charge in [-0.1, -0.05) is 60.7 Å². The van der Waals surface area contributed by atoms with E-state index in [9.17, 15) is 0 Å². The van der Waals surface area contributed by atoms with Crippen LogP contribution in [0.5, 0.6) is 0 Å². The molecule has 0 fully saturated rings. The van der Waals surface area contributed by atoms with Crippen LogP contribution in [-0.4, -0.2) is 13.1 Å². The fraction of sp³-hybridized carbons (Fsp3) is 0.143. The second-order valence-electron chi connectivity index (χ2n) is 3.43. The average molecular weight is 372 g/mol. The molecule has 0 aliphatic rings. The molecule has 0 N–H and O–H groups in total. The van der Waals surface area contributed by atoms with E-state index in [2.05, 4.69) is 10.6 Å². The Balaban J connectivity index is 0. The Hall–Kier alpha value is -0.497. The number of para-hydroxylation sites is 2. The molecule has 2 rings (SSSR count). The minimum absolute atomic E-state index is 0. The topological polar surface area (TPSA) is 28.2 Å². The number of hydrogen-bond donors (Lipinski definition) is 0. The van der Waals surface area contributed by atoms with Crippen LogP contribution in [-0.2, 0) is 26.2 Å². The predicted octanol–water partition coefficient (Wildman–Crippen LogP) is -1.60. The quantitative estimate of drug-likeness (QED) is 0.566. The number of halogens is 2. The summed E-state index contributed by atoms with van der Waals surface area (Å²) < 4.78 is 0. The molecule has 0 amide bonds. The van der Waals surface area contributed by atoms with Gasteiger partial charge in [0, 0.05) is 0 Å². The molecule has 2 aromatic carbocycles. The monoisotopic (exact) mass is 370 g/mol. The number of nitrogens with zero attached hydrogens (tertiary/aromatic N) is 2. The van der Waals surface area contributed by atoms with Crippen LogP contribution in [0.4, 0.5) is 11.4 Å². The van der Waals surface area contributed by atoms with Crippen LogP contribution in [0, 0.1) is 0 Å². The van der Waals surface area contributed by atoms with Gasteiger partial charge in [0.05, 0.1) is 0 Å². The molecule has 0 radical (unpaired) electrons. The van der Waals surface area contributed by atoms with Gasteiger partial charge in [0.25, 0.3) is 0 Å². The van der Waals surface area contributed by atoms with Gasteiger partial charge in [-0.3, -0.25) is 0 Å². The van der Waals surface area contributed by atoms with E-state index in [1.165, 1.54) is 0 Å². The second-order valence-corrected chi connectivity index (χ2v) is 3.43. The molecule has 19 heavy (non-hydrogen) atoms. The number of benzene rings is 2. The molecule has 0 atom stereocenters. The van der Waals surface area contributed by atoms with E-state index in [0.29, 0.717) is 0 Å². The molecule has 0 unspecified atom stereocenters. The van der Waals surface area contributed by atoms with E-state index in [-0.39, 0.29) is 51.0 Å². The molecule has 0 saturated heterocycles. The summed E-state index contributed by atoms with van der Waals surface area (Å²) in [4.78, 5) is 0. The van der Waals surface area contributed by atoms with E-state index in [4.69, 9.17) is 0 Å². The molecule has 2 aromatic rings. The maximum atomic E-state index is 4.43. The van der Waals surface area contributed by atoms with Crippen LogP contribution in [0.15, 0.2) is 60.7 Å². The van der Waals surface area contributed by atoms with E-state index in [0.717, 1.165) is 24.5 Å². The summed E-state index contributed by atoms with van der Waals surface area (Å²) in [6, 6.07) is 20.0. The third kappa shape index (κ3) is 8.31. The van der Waals surface area contributed by atoms with Crippen molar-refractivity contribution in [3.8, 4) is 0 Å². The Kier molecular flexibility index (Phi) is 13.7. The van der Waals surface area contributed by atoms with Crippen LogP contribution in [0.2, 0.25) is 0 Å². The van der Waals surface area contributed by atoms with Gasteiger partial charge in [0.15, 0.2) is 0 Å². The Morgan fingerprint density at radius 1 is 0.579 bits per heavy atom. The largest absolute Gasteiger partial charge is 4.00 e. The first-order valence-electron chi connectivity index (χ1n) is 5.40. The third-order valence-corrected chi connectivity index (χ3v) is 2.20. The van der Waals surface area contributed by atoms with E-state index in [1.54, 1.807) is 0 Å². The zero-order chi connectivity index (χ0) is 11.1. The Morgan fingerprint density at radius 2 is 0.895 bits per heavy atom. The average Bonchev–Trinajstić information content (AvgIpc) is 2.37. The van der Waals surface area contributed by atoms with Gasteiger partial charge in [0.1, 0.15) is 0 Å². The number of hydrogen-bond acceptors (Lipinski definition) is 0. The van der Waals surface area contributed by atoms with E-state index >= 15 is 0 Å². The van der Waals surface area contributed by atoms with Crippen molar-refractivity contribution in [1.82, 2.24) is 0 Å². The fourth-order valence-electron chi connectivity index (χ4n) is 1.43. The Labute approximate surface area is 146 Å². The molecule has 98 valence electrons. The van der Waals surface area contributed by atoms with Crippen molar-refractivity contribution >= 4 is 11.4 Å². The minimum Gasteiger partial charge on any atom is -1.00 e. The summed E-state index contributed by atoms with van der Waals surface area (Å²) in [6.45, 7) is 1.47. The summed E-state index contributed by atoms with van der Waals surface area (Å²) in [7, 11) is 0. The smallest absolute Gasteiger partial charge is 1.00 e. The molecule has 2 nitrogen and oxygen atoms in total. The van der Waals surface area contributed by atoms with Gasteiger partial charge in [-0.2, -0.15) is 0 Å². The van der Waals surface area contributed by atoms with E-state index in [1.807, 2.05) is 60.7 Å².